The monoisotopic (exact) mass is 453 g/mol. The average molecular weight is 454 g/mol. The minimum absolute atomic E-state index is 0.203. The van der Waals surface area contributed by atoms with Gasteiger partial charge in [0.2, 0.25) is 0 Å². The number of anilines is 1. The minimum atomic E-state index is -4.63. The molecule has 0 saturated heterocycles. The highest BCUT2D eigenvalue weighted by Crippen LogP contribution is 2.32. The summed E-state index contributed by atoms with van der Waals surface area (Å²) < 4.78 is 67.7. The predicted octanol–water partition coefficient (Wildman–Crippen LogP) is 4.29. The summed E-state index contributed by atoms with van der Waals surface area (Å²) in [4.78, 5) is 11.6. The number of sulfonamides is 1. The van der Waals surface area contributed by atoms with E-state index in [1.165, 1.54) is 6.07 Å². The second-order valence-corrected chi connectivity index (χ2v) is 8.18. The summed E-state index contributed by atoms with van der Waals surface area (Å²) in [5, 5.41) is -0.00217. The maximum atomic E-state index is 12.9. The van der Waals surface area contributed by atoms with Crippen molar-refractivity contribution in [3.63, 3.8) is 0 Å². The molecule has 0 spiro atoms. The fourth-order valence-corrected chi connectivity index (χ4v) is 4.14. The lowest BCUT2D eigenvalue weighted by molar-refractivity contribution is -0.137. The molecular formula is C18H11ClF3N5O2S. The lowest BCUT2D eigenvalue weighted by Crippen LogP contribution is -2.17. The normalized spacial score (nSPS) is 12.3. The van der Waals surface area contributed by atoms with Gasteiger partial charge in [-0.05, 0) is 30.3 Å². The van der Waals surface area contributed by atoms with Gasteiger partial charge in [-0.25, -0.2) is 9.97 Å². The molecule has 1 N–H and O–H groups in total. The highest BCUT2D eigenvalue weighted by Gasteiger charge is 2.32. The van der Waals surface area contributed by atoms with Crippen LogP contribution in [0, 0.1) is 0 Å². The number of pyridine rings is 2. The van der Waals surface area contributed by atoms with Gasteiger partial charge in [0.1, 0.15) is 6.33 Å². The van der Waals surface area contributed by atoms with Crippen LogP contribution >= 0.6 is 11.6 Å². The Balaban J connectivity index is 1.71. The third-order valence-electron chi connectivity index (χ3n) is 4.11. The number of aromatic nitrogens is 4. The Morgan fingerprint density at radius 2 is 1.87 bits per heavy atom. The first-order valence-corrected chi connectivity index (χ1v) is 10.1. The number of benzene rings is 1. The molecule has 4 rings (SSSR count). The molecule has 4 aromatic rings. The van der Waals surface area contributed by atoms with Gasteiger partial charge in [0.15, 0.2) is 10.8 Å². The van der Waals surface area contributed by atoms with E-state index in [-0.39, 0.29) is 21.6 Å². The number of nitrogens with zero attached hydrogens (tertiary/aromatic N) is 4. The molecule has 0 aliphatic carbocycles. The van der Waals surface area contributed by atoms with Crippen molar-refractivity contribution in [3.05, 3.63) is 71.9 Å². The Kier molecular flexibility index (Phi) is 4.86. The van der Waals surface area contributed by atoms with Crippen molar-refractivity contribution < 1.29 is 21.6 Å². The summed E-state index contributed by atoms with van der Waals surface area (Å²) in [6.45, 7) is 0. The van der Waals surface area contributed by atoms with Gasteiger partial charge in [0.25, 0.3) is 10.0 Å². The third kappa shape index (κ3) is 3.81. The molecule has 30 heavy (non-hydrogen) atoms. The number of imidazole rings is 1. The fourth-order valence-electron chi connectivity index (χ4n) is 2.75. The van der Waals surface area contributed by atoms with Gasteiger partial charge >= 0.3 is 6.18 Å². The van der Waals surface area contributed by atoms with Crippen LogP contribution in [-0.4, -0.2) is 27.9 Å². The highest BCUT2D eigenvalue weighted by atomic mass is 35.5. The Hall–Kier alpha value is -3.18. The van der Waals surface area contributed by atoms with E-state index >= 15 is 0 Å². The van der Waals surface area contributed by atoms with Crippen molar-refractivity contribution in [1.29, 1.82) is 0 Å². The van der Waals surface area contributed by atoms with Crippen LogP contribution in [0.25, 0.3) is 16.7 Å². The van der Waals surface area contributed by atoms with Crippen LogP contribution in [0.3, 0.4) is 0 Å². The van der Waals surface area contributed by atoms with Crippen molar-refractivity contribution in [3.8, 4) is 5.82 Å². The smallest absolute Gasteiger partial charge is 0.278 e. The topological polar surface area (TPSA) is 89.8 Å². The van der Waals surface area contributed by atoms with Crippen LogP contribution in [0.4, 0.5) is 18.9 Å². The molecule has 0 fully saturated rings. The highest BCUT2D eigenvalue weighted by molar-refractivity contribution is 7.92. The molecule has 3 heterocycles. The van der Waals surface area contributed by atoms with Crippen LogP contribution in [0.15, 0.2) is 66.3 Å². The first-order chi connectivity index (χ1) is 14.1. The number of halogens is 4. The summed E-state index contributed by atoms with van der Waals surface area (Å²) in [6.07, 6.45) is -0.306. The first-order valence-electron chi connectivity index (χ1n) is 8.28. The van der Waals surface area contributed by atoms with Gasteiger partial charge in [0, 0.05) is 23.5 Å². The molecule has 0 amide bonds. The molecule has 12 heteroatoms. The van der Waals surface area contributed by atoms with Gasteiger partial charge in [0.05, 0.1) is 22.3 Å². The number of rotatable bonds is 4. The molecule has 1 aromatic carbocycles. The standard InChI is InChI=1S/C18H11ClF3N5O2S/c19-14-7-12(18(20,21)22)8-25-17(14)27-10-23-9-16(27)30(28,29)26-13-3-4-15-11(6-13)2-1-5-24-15/h1-10,26H. The zero-order valence-electron chi connectivity index (χ0n) is 14.8. The zero-order chi connectivity index (χ0) is 21.5. The molecule has 0 unspecified atom stereocenters. The predicted molar refractivity (Wildman–Crippen MR) is 104 cm³/mol. The van der Waals surface area contributed by atoms with Crippen molar-refractivity contribution in [2.75, 3.05) is 4.72 Å². The van der Waals surface area contributed by atoms with Gasteiger partial charge in [-0.3, -0.25) is 14.3 Å². The summed E-state index contributed by atoms with van der Waals surface area (Å²) >= 11 is 5.94. The van der Waals surface area contributed by atoms with E-state index in [2.05, 4.69) is 19.7 Å². The molecular weight excluding hydrogens is 443 g/mol. The SMILES string of the molecule is O=S(=O)(Nc1ccc2ncccc2c1)c1cncn1-c1ncc(C(F)(F)F)cc1Cl. The summed E-state index contributed by atoms with van der Waals surface area (Å²) in [5.41, 5.74) is -0.0929. The summed E-state index contributed by atoms with van der Waals surface area (Å²) in [5.74, 6) is -0.203. The number of alkyl halides is 3. The lowest BCUT2D eigenvalue weighted by Gasteiger charge is -2.13. The molecule has 0 saturated carbocycles. The Labute approximate surface area is 173 Å². The van der Waals surface area contributed by atoms with Crippen molar-refractivity contribution >= 4 is 38.2 Å². The number of hydrogen-bond acceptors (Lipinski definition) is 5. The number of hydrogen-bond donors (Lipinski definition) is 1. The lowest BCUT2D eigenvalue weighted by atomic mass is 10.2. The van der Waals surface area contributed by atoms with Gasteiger partial charge in [-0.15, -0.1) is 0 Å². The van der Waals surface area contributed by atoms with Crippen LogP contribution in [0.5, 0.6) is 0 Å². The second-order valence-electron chi connectivity index (χ2n) is 6.15. The Morgan fingerprint density at radius 1 is 1.07 bits per heavy atom. The van der Waals surface area contributed by atoms with Crippen LogP contribution in [-0.2, 0) is 16.2 Å². The third-order valence-corrected chi connectivity index (χ3v) is 5.75. The van der Waals surface area contributed by atoms with Gasteiger partial charge in [-0.1, -0.05) is 17.7 Å². The van der Waals surface area contributed by atoms with Crippen molar-refractivity contribution in [2.24, 2.45) is 0 Å². The average Bonchev–Trinajstić information content (AvgIpc) is 3.17. The molecule has 0 radical (unpaired) electrons. The molecule has 0 aliphatic rings. The Morgan fingerprint density at radius 3 is 2.60 bits per heavy atom. The molecule has 3 aromatic heterocycles. The molecule has 0 aliphatic heterocycles. The number of nitrogens with one attached hydrogen (secondary N) is 1. The largest absolute Gasteiger partial charge is 0.417 e. The molecule has 0 bridgehead atoms. The van der Waals surface area contributed by atoms with Crippen LogP contribution < -0.4 is 4.72 Å². The fraction of sp³-hybridized carbons (Fsp3) is 0.0556. The van der Waals surface area contributed by atoms with E-state index in [0.717, 1.165) is 22.5 Å². The zero-order valence-corrected chi connectivity index (χ0v) is 16.4. The quantitative estimate of drug-likeness (QED) is 0.498. The van der Waals surface area contributed by atoms with Crippen molar-refractivity contribution in [1.82, 2.24) is 19.5 Å². The van der Waals surface area contributed by atoms with Gasteiger partial charge < -0.3 is 0 Å². The number of fused-ring (bicyclic) bond motifs is 1. The minimum Gasteiger partial charge on any atom is -0.278 e. The van der Waals surface area contributed by atoms with E-state index < -0.39 is 21.8 Å². The maximum absolute atomic E-state index is 12.9. The summed E-state index contributed by atoms with van der Waals surface area (Å²) in [7, 11) is -4.16. The Bertz CT molecular complexity index is 1360. The second kappa shape index (κ2) is 7.26. The van der Waals surface area contributed by atoms with Crippen molar-refractivity contribution in [2.45, 2.75) is 11.2 Å². The maximum Gasteiger partial charge on any atom is 0.417 e. The van der Waals surface area contributed by atoms with Gasteiger partial charge in [-0.2, -0.15) is 21.6 Å². The first kappa shape index (κ1) is 20.1. The molecule has 154 valence electrons. The molecule has 0 atom stereocenters. The van der Waals surface area contributed by atoms with Crippen LogP contribution in [0.2, 0.25) is 5.02 Å². The van der Waals surface area contributed by atoms with E-state index in [1.54, 1.807) is 30.5 Å². The van der Waals surface area contributed by atoms with Crippen LogP contribution in [0.1, 0.15) is 5.56 Å². The van der Waals surface area contributed by atoms with E-state index in [0.29, 0.717) is 17.8 Å². The molecule has 7 nitrogen and oxygen atoms in total. The van der Waals surface area contributed by atoms with E-state index in [9.17, 15) is 21.6 Å². The summed E-state index contributed by atoms with van der Waals surface area (Å²) in [6, 6.07) is 8.95. The van der Waals surface area contributed by atoms with E-state index in [4.69, 9.17) is 11.6 Å². The van der Waals surface area contributed by atoms with E-state index in [1.807, 2.05) is 0 Å².